The van der Waals surface area contributed by atoms with Gasteiger partial charge in [0.25, 0.3) is 0 Å². The van der Waals surface area contributed by atoms with Crippen molar-refractivity contribution < 1.29 is 0 Å². The third kappa shape index (κ3) is 8.28. The molecule has 0 atom stereocenters. The van der Waals surface area contributed by atoms with E-state index in [1.54, 1.807) is 0 Å². The van der Waals surface area contributed by atoms with Crippen molar-refractivity contribution in [2.45, 2.75) is 86.1 Å². The van der Waals surface area contributed by atoms with Crippen molar-refractivity contribution in [3.05, 3.63) is 204 Å². The molecule has 2 nitrogen and oxygen atoms in total. The molecule has 0 aliphatic carbocycles. The Morgan fingerprint density at radius 3 is 1.26 bits per heavy atom. The number of anilines is 6. The molecule has 0 N–H and O–H groups in total. The van der Waals surface area contributed by atoms with Crippen LogP contribution in [0.5, 0.6) is 0 Å². The maximum absolute atomic E-state index is 2.56. The van der Waals surface area contributed by atoms with Crippen LogP contribution in [0.3, 0.4) is 0 Å². The summed E-state index contributed by atoms with van der Waals surface area (Å²) in [6, 6.07) is 69.3. The number of aryl methyl sites for hydroxylation is 2. The molecule has 0 aliphatic rings. The topological polar surface area (TPSA) is 6.48 Å². The first-order valence-electron chi connectivity index (χ1n) is 25.1. The van der Waals surface area contributed by atoms with Crippen LogP contribution in [-0.4, -0.2) is 16.9 Å². The van der Waals surface area contributed by atoms with Gasteiger partial charge < -0.3 is 9.80 Å². The molecule has 344 valence electrons. The third-order valence-electron chi connectivity index (χ3n) is 14.5. The molecule has 0 bridgehead atoms. The Morgan fingerprint density at radius 1 is 0.406 bits per heavy atom. The molecule has 0 amide bonds. The van der Waals surface area contributed by atoms with E-state index in [0.29, 0.717) is 0 Å². The van der Waals surface area contributed by atoms with Crippen molar-refractivity contribution in [1.82, 2.24) is 0 Å². The van der Waals surface area contributed by atoms with Crippen LogP contribution in [0, 0.1) is 13.8 Å². The highest BCUT2D eigenvalue weighted by Gasteiger charge is 2.28. The average molecular weight is 931 g/mol. The molecule has 0 fully saturated rings. The number of hydrogen-bond donors (Lipinski definition) is 0. The molecule has 0 heterocycles. The number of benzene rings is 10. The summed E-state index contributed by atoms with van der Waals surface area (Å²) in [4.78, 5) is 5.11. The minimum Gasteiger partial charge on any atom is -0.310 e. The number of rotatable bonds is 12. The van der Waals surface area contributed by atoms with Crippen molar-refractivity contribution in [3.8, 4) is 22.3 Å². The molecule has 10 aromatic rings. The Balaban J connectivity index is 1.29. The Labute approximate surface area is 413 Å². The molecule has 0 aliphatic heterocycles. The predicted molar refractivity (Wildman–Crippen MR) is 310 cm³/mol. The van der Waals surface area contributed by atoms with Crippen molar-refractivity contribution in [2.24, 2.45) is 0 Å². The molecule has 0 saturated carbocycles. The first kappa shape index (κ1) is 46.0. The van der Waals surface area contributed by atoms with Gasteiger partial charge in [0.1, 0.15) is 0 Å². The summed E-state index contributed by atoms with van der Waals surface area (Å²) >= 11 is 0. The normalized spacial score (nSPS) is 12.1. The fourth-order valence-corrected chi connectivity index (χ4v) is 14.0. The van der Waals surface area contributed by atoms with E-state index in [9.17, 15) is 0 Å². The van der Waals surface area contributed by atoms with Gasteiger partial charge in [-0.2, -0.15) is 0 Å². The summed E-state index contributed by atoms with van der Waals surface area (Å²) in [7, 11) is -2.76. The van der Waals surface area contributed by atoms with Gasteiger partial charge in [-0.25, -0.2) is 0 Å². The second-order valence-corrected chi connectivity index (χ2v) is 29.2. The standard InChI is InChI=1S/C65H66N2Si2/c1-42(2)56-40-60(66(48-22-14-12-15-23-48)58-38-46(32-30-44(58)5)50-26-18-20-28-62(50)68(7)8)54-36-34-53-57(43(3)4)41-61(55-37-35-52(56)64(54)65(53)55)67(49-24-16-13-17-25-49)59-39-47(33-31-45(59)6)51-27-19-21-29-63(51)69(9,10)11/h12-43,68H,1-11H3. The first-order valence-corrected chi connectivity index (χ1v) is 31.5. The second-order valence-electron chi connectivity index (χ2n) is 21.2. The summed E-state index contributed by atoms with van der Waals surface area (Å²) in [6.45, 7) is 26.2. The van der Waals surface area contributed by atoms with Gasteiger partial charge in [-0.05, 0) is 140 Å². The van der Waals surface area contributed by atoms with Gasteiger partial charge in [0.2, 0.25) is 0 Å². The number of hydrogen-bond acceptors (Lipinski definition) is 2. The maximum atomic E-state index is 2.56. The monoisotopic (exact) mass is 930 g/mol. The molecule has 0 spiro atoms. The third-order valence-corrected chi connectivity index (χ3v) is 18.3. The highest BCUT2D eigenvalue weighted by atomic mass is 28.3. The lowest BCUT2D eigenvalue weighted by molar-refractivity contribution is 0.875. The van der Waals surface area contributed by atoms with Crippen molar-refractivity contribution in [2.75, 3.05) is 9.80 Å². The van der Waals surface area contributed by atoms with Crippen LogP contribution in [0.1, 0.15) is 61.8 Å². The van der Waals surface area contributed by atoms with Crippen molar-refractivity contribution in [1.29, 1.82) is 0 Å². The quantitative estimate of drug-likeness (QED) is 0.0890. The lowest BCUT2D eigenvalue weighted by Crippen LogP contribution is -2.38. The van der Waals surface area contributed by atoms with Gasteiger partial charge in [0.05, 0.1) is 28.2 Å². The van der Waals surface area contributed by atoms with Crippen LogP contribution in [0.2, 0.25) is 32.7 Å². The Hall–Kier alpha value is -6.73. The van der Waals surface area contributed by atoms with Gasteiger partial charge in [-0.3, -0.25) is 0 Å². The molecule has 10 rings (SSSR count). The van der Waals surface area contributed by atoms with Crippen LogP contribution in [-0.2, 0) is 0 Å². The number of para-hydroxylation sites is 2. The Morgan fingerprint density at radius 2 is 0.812 bits per heavy atom. The average Bonchev–Trinajstić information content (AvgIpc) is 3.35. The molecule has 69 heavy (non-hydrogen) atoms. The van der Waals surface area contributed by atoms with Crippen LogP contribution in [0.4, 0.5) is 34.1 Å². The minimum absolute atomic E-state index is 0.286. The van der Waals surface area contributed by atoms with E-state index in [1.807, 2.05) is 0 Å². The van der Waals surface area contributed by atoms with E-state index in [0.717, 1.165) is 11.4 Å². The Kier molecular flexibility index (Phi) is 12.2. The van der Waals surface area contributed by atoms with E-state index in [1.165, 1.54) is 110 Å². The molecule has 0 radical (unpaired) electrons. The lowest BCUT2D eigenvalue weighted by atomic mass is 9.84. The molecular weight excluding hydrogens is 865 g/mol. The SMILES string of the molecule is Cc1ccc(-c2ccccc2[SiH](C)C)cc1N(c1ccccc1)c1cc(C(C)C)c2ccc3c(N(c4ccccc4)c4cc(-c5ccccc5[Si](C)(C)C)ccc4C)cc(C(C)C)c4ccc1c2c43. The van der Waals surface area contributed by atoms with E-state index < -0.39 is 16.9 Å². The highest BCUT2D eigenvalue weighted by Crippen LogP contribution is 2.52. The Bertz CT molecular complexity index is 3490. The smallest absolute Gasteiger partial charge is 0.0784 e. The van der Waals surface area contributed by atoms with Gasteiger partial charge >= 0.3 is 0 Å². The van der Waals surface area contributed by atoms with Crippen LogP contribution < -0.4 is 20.2 Å². The van der Waals surface area contributed by atoms with Gasteiger partial charge in [-0.1, -0.05) is 204 Å². The van der Waals surface area contributed by atoms with E-state index in [-0.39, 0.29) is 11.8 Å². The molecule has 0 saturated heterocycles. The predicted octanol–water partition coefficient (Wildman–Crippen LogP) is 18.0. The fourth-order valence-electron chi connectivity index (χ4n) is 11.0. The molecule has 0 aromatic heterocycles. The van der Waals surface area contributed by atoms with E-state index in [2.05, 4.69) is 266 Å². The first-order chi connectivity index (χ1) is 33.2. The van der Waals surface area contributed by atoms with Crippen molar-refractivity contribution >= 4 is 93.7 Å². The largest absolute Gasteiger partial charge is 0.310 e. The zero-order valence-corrected chi connectivity index (χ0v) is 44.6. The molecular formula is C65H66N2Si2. The molecule has 4 heteroatoms. The number of nitrogens with zero attached hydrogens (tertiary/aromatic N) is 2. The highest BCUT2D eigenvalue weighted by molar-refractivity contribution is 6.89. The summed E-state index contributed by atoms with van der Waals surface area (Å²) in [5.41, 5.74) is 17.5. The molecule has 10 aromatic carbocycles. The van der Waals surface area contributed by atoms with Crippen LogP contribution >= 0.6 is 0 Å². The van der Waals surface area contributed by atoms with Gasteiger partial charge in [-0.15, -0.1) is 0 Å². The summed E-state index contributed by atoms with van der Waals surface area (Å²) < 4.78 is 0. The van der Waals surface area contributed by atoms with E-state index in [4.69, 9.17) is 0 Å². The zero-order chi connectivity index (χ0) is 48.3. The van der Waals surface area contributed by atoms with Crippen LogP contribution in [0.15, 0.2) is 182 Å². The fraction of sp³-hybridized carbons (Fsp3) is 0.200. The minimum atomic E-state index is -1.65. The zero-order valence-electron chi connectivity index (χ0n) is 42.4. The second kappa shape index (κ2) is 18.3. The van der Waals surface area contributed by atoms with E-state index >= 15 is 0 Å². The summed E-state index contributed by atoms with van der Waals surface area (Å²) in [5, 5.41) is 10.8. The van der Waals surface area contributed by atoms with Crippen LogP contribution in [0.25, 0.3) is 54.6 Å². The van der Waals surface area contributed by atoms with Gasteiger partial charge in [0.15, 0.2) is 0 Å². The maximum Gasteiger partial charge on any atom is 0.0784 e. The lowest BCUT2D eigenvalue weighted by Gasteiger charge is -2.33. The molecule has 0 unspecified atom stereocenters. The summed E-state index contributed by atoms with van der Waals surface area (Å²) in [5.74, 6) is 0.574. The van der Waals surface area contributed by atoms with Gasteiger partial charge in [0, 0.05) is 33.5 Å². The summed E-state index contributed by atoms with van der Waals surface area (Å²) in [6.07, 6.45) is 0. The van der Waals surface area contributed by atoms with Crippen molar-refractivity contribution in [3.63, 3.8) is 0 Å².